The van der Waals surface area contributed by atoms with E-state index in [0.717, 1.165) is 62.8 Å². The third kappa shape index (κ3) is 3.71. The van der Waals surface area contributed by atoms with Crippen molar-refractivity contribution in [3.8, 4) is 0 Å². The summed E-state index contributed by atoms with van der Waals surface area (Å²) in [5.74, 6) is 3.90. The molecule has 2 saturated heterocycles. The minimum absolute atomic E-state index is 0.265. The van der Waals surface area contributed by atoms with Crippen LogP contribution in [0.1, 0.15) is 80.5 Å². The van der Waals surface area contributed by atoms with Gasteiger partial charge in [0.05, 0.1) is 5.02 Å². The van der Waals surface area contributed by atoms with E-state index < -0.39 is 0 Å². The van der Waals surface area contributed by atoms with Crippen molar-refractivity contribution in [1.29, 1.82) is 0 Å². The predicted molar refractivity (Wildman–Crippen MR) is 129 cm³/mol. The molecule has 8 heteroatoms. The van der Waals surface area contributed by atoms with E-state index in [1.54, 1.807) is 6.20 Å². The molecule has 0 aromatic carbocycles. The zero-order valence-electron chi connectivity index (χ0n) is 19.7. The molecule has 0 atom stereocenters. The lowest BCUT2D eigenvalue weighted by atomic mass is 9.57. The van der Waals surface area contributed by atoms with Gasteiger partial charge in [-0.3, -0.25) is 10.1 Å². The van der Waals surface area contributed by atoms with Gasteiger partial charge in [0.25, 0.3) is 0 Å². The van der Waals surface area contributed by atoms with Crippen LogP contribution in [0.5, 0.6) is 0 Å². The van der Waals surface area contributed by atoms with Gasteiger partial charge in [0.2, 0.25) is 0 Å². The molecule has 3 saturated carbocycles. The third-order valence-electron chi connectivity index (χ3n) is 9.31. The molecule has 2 amide bonds. The second-order valence-corrected chi connectivity index (χ2v) is 12.5. The fourth-order valence-electron chi connectivity index (χ4n) is 7.07. The fraction of sp³-hybridized carbons (Fsp3) is 0.692. The SMILES string of the molecule is O=C(N1CC2(CCC(Cc3ccc(Cl)cn3)CC2)C1)N1CC2(CC(c3n[nH]c(C4CC4)n3)C2)C1. The maximum absolute atomic E-state index is 13.0. The zero-order valence-corrected chi connectivity index (χ0v) is 20.4. The lowest BCUT2D eigenvalue weighted by Crippen LogP contribution is -2.69. The van der Waals surface area contributed by atoms with Crippen molar-refractivity contribution in [1.82, 2.24) is 30.0 Å². The van der Waals surface area contributed by atoms with Crippen molar-refractivity contribution in [3.05, 3.63) is 40.7 Å². The van der Waals surface area contributed by atoms with E-state index in [0.29, 0.717) is 33.6 Å². The van der Waals surface area contributed by atoms with Gasteiger partial charge in [-0.05, 0) is 75.8 Å². The fourth-order valence-corrected chi connectivity index (χ4v) is 7.18. The molecule has 4 heterocycles. The zero-order chi connectivity index (χ0) is 22.9. The molecular weight excluding hydrogens is 448 g/mol. The molecular formula is C26H33ClN6O. The van der Waals surface area contributed by atoms with Crippen LogP contribution in [0.25, 0.3) is 0 Å². The third-order valence-corrected chi connectivity index (χ3v) is 9.53. The Labute approximate surface area is 205 Å². The Bertz CT molecular complexity index is 1060. The predicted octanol–water partition coefficient (Wildman–Crippen LogP) is 4.76. The summed E-state index contributed by atoms with van der Waals surface area (Å²) in [6, 6.07) is 4.25. The molecule has 2 aromatic rings. The van der Waals surface area contributed by atoms with Crippen LogP contribution in [0, 0.1) is 16.7 Å². The molecule has 0 radical (unpaired) electrons. The molecule has 5 fully saturated rings. The van der Waals surface area contributed by atoms with Crippen LogP contribution < -0.4 is 0 Å². The maximum Gasteiger partial charge on any atom is 0.320 e. The van der Waals surface area contributed by atoms with Crippen molar-refractivity contribution in [2.45, 2.75) is 69.6 Å². The molecule has 5 aliphatic rings. The number of likely N-dealkylation sites (tertiary alicyclic amines) is 2. The summed E-state index contributed by atoms with van der Waals surface area (Å²) in [6.07, 6.45) is 12.5. The summed E-state index contributed by atoms with van der Waals surface area (Å²) in [6.45, 7) is 3.74. The molecule has 2 aliphatic heterocycles. The van der Waals surface area contributed by atoms with Crippen LogP contribution in [0.2, 0.25) is 5.02 Å². The first-order valence-corrected chi connectivity index (χ1v) is 13.4. The number of halogens is 1. The number of rotatable bonds is 4. The summed E-state index contributed by atoms with van der Waals surface area (Å²) in [7, 11) is 0. The van der Waals surface area contributed by atoms with Gasteiger partial charge in [-0.15, -0.1) is 0 Å². The molecule has 1 N–H and O–H groups in total. The number of aromatic nitrogens is 4. The smallest absolute Gasteiger partial charge is 0.320 e. The minimum atomic E-state index is 0.265. The summed E-state index contributed by atoms with van der Waals surface area (Å²) in [5, 5.41) is 8.32. The van der Waals surface area contributed by atoms with Crippen LogP contribution >= 0.6 is 11.6 Å². The first-order valence-electron chi connectivity index (χ1n) is 13.0. The Morgan fingerprint density at radius 3 is 2.35 bits per heavy atom. The van der Waals surface area contributed by atoms with Crippen molar-refractivity contribution in [2.24, 2.45) is 16.7 Å². The van der Waals surface area contributed by atoms with E-state index in [-0.39, 0.29) is 6.03 Å². The van der Waals surface area contributed by atoms with Gasteiger partial charge in [0.1, 0.15) is 5.82 Å². The van der Waals surface area contributed by atoms with Gasteiger partial charge in [-0.25, -0.2) is 9.78 Å². The minimum Gasteiger partial charge on any atom is -0.323 e. The Balaban J connectivity index is 0.849. The van der Waals surface area contributed by atoms with E-state index in [4.69, 9.17) is 16.6 Å². The van der Waals surface area contributed by atoms with E-state index in [1.807, 2.05) is 6.07 Å². The number of pyridine rings is 1. The van der Waals surface area contributed by atoms with E-state index in [2.05, 4.69) is 31.0 Å². The van der Waals surface area contributed by atoms with Crippen molar-refractivity contribution >= 4 is 17.6 Å². The average molecular weight is 481 g/mol. The lowest BCUT2D eigenvalue weighted by molar-refractivity contribution is -0.0777. The summed E-state index contributed by atoms with van der Waals surface area (Å²) >= 11 is 5.96. The number of carbonyl (C=O) groups excluding carboxylic acids is 1. The van der Waals surface area contributed by atoms with Crippen LogP contribution in [0.3, 0.4) is 0 Å². The number of hydrogen-bond acceptors (Lipinski definition) is 4. The molecule has 0 bridgehead atoms. The van der Waals surface area contributed by atoms with Crippen LogP contribution in [-0.4, -0.2) is 62.2 Å². The van der Waals surface area contributed by atoms with Gasteiger partial charge in [0, 0.05) is 60.7 Å². The van der Waals surface area contributed by atoms with Crippen LogP contribution in [-0.2, 0) is 6.42 Å². The standard InChI is InChI=1S/C26H33ClN6O/c27-20-3-4-21(28-12-20)9-17-5-7-25(8-6-17)13-32(14-25)24(34)33-15-26(16-33)10-19(11-26)23-29-22(30-31-23)18-1-2-18/h3-4,12,17-19H,1-2,5-11,13-16H2,(H,29,30,31). The summed E-state index contributed by atoms with van der Waals surface area (Å²) in [4.78, 5) is 26.4. The molecule has 7 rings (SSSR count). The number of urea groups is 1. The van der Waals surface area contributed by atoms with Gasteiger partial charge in [-0.2, -0.15) is 5.10 Å². The topological polar surface area (TPSA) is 78.0 Å². The Morgan fingerprint density at radius 1 is 1.00 bits per heavy atom. The van der Waals surface area contributed by atoms with E-state index in [9.17, 15) is 4.79 Å². The maximum atomic E-state index is 13.0. The van der Waals surface area contributed by atoms with Gasteiger partial charge < -0.3 is 9.80 Å². The number of amides is 2. The molecule has 180 valence electrons. The quantitative estimate of drug-likeness (QED) is 0.684. The normalized spacial score (nSPS) is 25.8. The van der Waals surface area contributed by atoms with Crippen molar-refractivity contribution in [3.63, 3.8) is 0 Å². The number of aromatic amines is 1. The highest BCUT2D eigenvalue weighted by Crippen LogP contribution is 2.56. The lowest BCUT2D eigenvalue weighted by Gasteiger charge is -2.61. The number of carbonyl (C=O) groups is 1. The molecule has 0 unspecified atom stereocenters. The van der Waals surface area contributed by atoms with Crippen molar-refractivity contribution < 1.29 is 4.79 Å². The van der Waals surface area contributed by atoms with Gasteiger partial charge >= 0.3 is 6.03 Å². The Morgan fingerprint density at radius 2 is 1.71 bits per heavy atom. The average Bonchev–Trinajstić information content (AvgIpc) is 3.50. The summed E-state index contributed by atoms with van der Waals surface area (Å²) in [5.41, 5.74) is 1.85. The highest BCUT2D eigenvalue weighted by Gasteiger charge is 2.57. The number of hydrogen-bond donors (Lipinski definition) is 1. The van der Waals surface area contributed by atoms with Gasteiger partial charge in [0.15, 0.2) is 5.82 Å². The van der Waals surface area contributed by atoms with E-state index in [1.165, 1.54) is 38.5 Å². The molecule has 3 aliphatic carbocycles. The number of nitrogens with zero attached hydrogens (tertiary/aromatic N) is 5. The Kier molecular flexibility index (Phi) is 4.78. The monoisotopic (exact) mass is 480 g/mol. The highest BCUT2D eigenvalue weighted by molar-refractivity contribution is 6.30. The largest absolute Gasteiger partial charge is 0.323 e. The number of nitrogens with one attached hydrogen (secondary N) is 1. The first kappa shape index (κ1) is 21.2. The second-order valence-electron chi connectivity index (χ2n) is 12.1. The molecule has 2 spiro atoms. The van der Waals surface area contributed by atoms with E-state index >= 15 is 0 Å². The molecule has 34 heavy (non-hydrogen) atoms. The first-order chi connectivity index (χ1) is 16.5. The van der Waals surface area contributed by atoms with Gasteiger partial charge in [-0.1, -0.05) is 11.6 Å². The van der Waals surface area contributed by atoms with Crippen LogP contribution in [0.15, 0.2) is 18.3 Å². The summed E-state index contributed by atoms with van der Waals surface area (Å²) < 4.78 is 0. The Hall–Kier alpha value is -2.15. The van der Waals surface area contributed by atoms with Crippen molar-refractivity contribution in [2.75, 3.05) is 26.2 Å². The number of H-pyrrole nitrogens is 1. The molecule has 7 nitrogen and oxygen atoms in total. The second kappa shape index (κ2) is 7.67. The van der Waals surface area contributed by atoms with Crippen LogP contribution in [0.4, 0.5) is 4.79 Å². The molecule has 2 aromatic heterocycles. The highest BCUT2D eigenvalue weighted by atomic mass is 35.5.